The molecule has 0 aromatic heterocycles. The third kappa shape index (κ3) is 72300. The van der Waals surface area contributed by atoms with E-state index in [1.807, 2.05) is 0 Å². The Kier molecular flexibility index (Phi) is 109. The third-order valence-electron chi connectivity index (χ3n) is 0. The van der Waals surface area contributed by atoms with Crippen LogP contribution in [0.1, 0.15) is 0 Å². The van der Waals surface area contributed by atoms with Gasteiger partial charge in [0.1, 0.15) is 0 Å². The van der Waals surface area contributed by atoms with Gasteiger partial charge in [0.05, 0.1) is 0 Å². The fourth-order valence-corrected chi connectivity index (χ4v) is 0. The van der Waals surface area contributed by atoms with Crippen LogP contribution in [0.15, 0.2) is 0 Å². The van der Waals surface area contributed by atoms with E-state index in [-0.39, 0.29) is 136 Å². The second-order valence-corrected chi connectivity index (χ2v) is 18.4. The van der Waals surface area contributed by atoms with E-state index in [9.17, 15) is 0 Å². The van der Waals surface area contributed by atoms with Gasteiger partial charge in [-0.15, -0.1) is 0 Å². The first-order valence-corrected chi connectivity index (χ1v) is 30.0. The summed E-state index contributed by atoms with van der Waals surface area (Å²) < 4.78 is 511. The standard InChI is InChI=1S/15H2O4S.5Pb/c15*1-5(2,3)4;;;;;/h15*(H2,1,2,3,4);;;;;/q;;;;;;;;;;;;;;;5*+2/p-30. The maximum atomic E-state index is 8.52. The van der Waals surface area contributed by atoms with Crippen molar-refractivity contribution in [1.29, 1.82) is 0 Å². The maximum absolute atomic E-state index is 8.52. The molecule has 0 aromatic carbocycles. The van der Waals surface area contributed by atoms with Crippen molar-refractivity contribution in [2.75, 3.05) is 0 Å². The summed E-state index contributed by atoms with van der Waals surface area (Å²) in [5.74, 6) is 0. The monoisotopic (exact) mass is 2480 g/mol. The number of rotatable bonds is 0. The SMILES string of the molecule is O=S(=O)([O-])[O-].O=S(=O)([O-])[O-].O=S(=O)([O-])[O-].O=S(=O)([O-])[O-].O=S(=O)([O-])[O-].O=S(=O)([O-])[O-].O=S(=O)([O-])[O-].O=S(=O)([O-])[O-].O=S(=O)([O-])[O-].O=S(=O)([O-])[O-].O=S(=O)([O-])[O-].O=S(=O)([O-])[O-].O=S(=O)([O-])[O-].O=S(=O)([O-])[O-].O=S(=O)([O-])[O-].[Pb+2].[Pb+2].[Pb+2].[Pb+2].[Pb+2]. The molecule has 0 unspecified atom stereocenters. The van der Waals surface area contributed by atoms with Gasteiger partial charge in [-0.3, -0.25) is 126 Å². The Morgan fingerprint density at radius 1 is 0.0875 bits per heavy atom. The summed E-state index contributed by atoms with van der Waals surface area (Å²) in [4.78, 5) is 0. The Hall–Kier alpha value is 2.66. The predicted molar refractivity (Wildman–Crippen MR) is 186 cm³/mol. The normalized spacial score (nSPS) is 10.9. The molecule has 0 aliphatic rings. The Morgan fingerprint density at radius 3 is 0.0875 bits per heavy atom. The van der Waals surface area contributed by atoms with Crippen molar-refractivity contribution < 1.29 is 263 Å². The van der Waals surface area contributed by atoms with E-state index in [0.717, 1.165) is 0 Å². The summed E-state index contributed by atoms with van der Waals surface area (Å²) >= 11 is 0. The summed E-state index contributed by atoms with van der Waals surface area (Å²) in [6.45, 7) is 0. The molecule has 0 rings (SSSR count). The molecule has 490 valence electrons. The zero-order valence-corrected chi connectivity index (χ0v) is 64.8. The van der Waals surface area contributed by atoms with Crippen LogP contribution in [0.4, 0.5) is 0 Å². The molecule has 10 radical (unpaired) electrons. The fraction of sp³-hybridized carbons (Fsp3) is 0. The van der Waals surface area contributed by atoms with Crippen molar-refractivity contribution in [3.8, 4) is 0 Å². The Balaban J connectivity index is -0.0000000267. The first-order valence-electron chi connectivity index (χ1n) is 10.00. The predicted octanol–water partition coefficient (Wildman–Crippen LogP) is -22.0. The summed E-state index contributed by atoms with van der Waals surface area (Å²) in [7, 11) is -77.5. The molecule has 0 aliphatic heterocycles. The molecule has 60 nitrogen and oxygen atoms in total. The van der Waals surface area contributed by atoms with Gasteiger partial charge in [0.25, 0.3) is 0 Å². The van der Waals surface area contributed by atoms with E-state index >= 15 is 0 Å². The second kappa shape index (κ2) is 61.9. The molecule has 0 saturated carbocycles. The smallest absolute Gasteiger partial charge is 0.759 e. The Labute approximate surface area is 547 Å². The van der Waals surface area contributed by atoms with Gasteiger partial charge in [-0.05, 0) is 0 Å². The molecule has 80 heteroatoms. The largest absolute Gasteiger partial charge is 2.00 e. The summed E-state index contributed by atoms with van der Waals surface area (Å²) in [6, 6.07) is 0. The van der Waals surface area contributed by atoms with E-state index in [1.54, 1.807) is 0 Å². The molecule has 80 heavy (non-hydrogen) atoms. The number of hydrogen-bond donors (Lipinski definition) is 0. The Morgan fingerprint density at radius 2 is 0.0875 bits per heavy atom. The van der Waals surface area contributed by atoms with Crippen LogP contribution < -0.4 is 0 Å². The van der Waals surface area contributed by atoms with Crippen LogP contribution in [0.25, 0.3) is 0 Å². The third-order valence-corrected chi connectivity index (χ3v) is 0. The molecular weight excluding hydrogens is 2480 g/mol. The van der Waals surface area contributed by atoms with Crippen LogP contribution in [0.5, 0.6) is 0 Å². The van der Waals surface area contributed by atoms with Gasteiger partial charge in [-0.2, -0.15) is 0 Å². The minimum absolute atomic E-state index is 0. The molecule has 0 N–H and O–H groups in total. The molecule has 0 fully saturated rings. The van der Waals surface area contributed by atoms with Gasteiger partial charge in [0.2, 0.25) is 0 Å². The molecule has 0 heterocycles. The topological polar surface area (TPSA) is 1200 Å². The molecule has 0 spiro atoms. The van der Waals surface area contributed by atoms with Crippen LogP contribution >= 0.6 is 0 Å². The molecular formula is O60Pb5S15-20. The van der Waals surface area contributed by atoms with E-state index in [4.69, 9.17) is 263 Å². The van der Waals surface area contributed by atoms with Gasteiger partial charge in [0.15, 0.2) is 0 Å². The molecule has 0 aromatic rings. The van der Waals surface area contributed by atoms with Crippen LogP contribution in [0, 0.1) is 0 Å². The van der Waals surface area contributed by atoms with Crippen molar-refractivity contribution in [2.45, 2.75) is 0 Å². The number of hydrogen-bond acceptors (Lipinski definition) is 60. The van der Waals surface area contributed by atoms with Crippen LogP contribution in [0.3, 0.4) is 0 Å². The minimum atomic E-state index is -5.17. The van der Waals surface area contributed by atoms with Crippen molar-refractivity contribution in [3.05, 3.63) is 0 Å². The van der Waals surface area contributed by atoms with Gasteiger partial charge in [-0.25, -0.2) is 0 Å². The quantitative estimate of drug-likeness (QED) is 0.123. The summed E-state index contributed by atoms with van der Waals surface area (Å²) in [5, 5.41) is 0. The van der Waals surface area contributed by atoms with Gasteiger partial charge >= 0.3 is 136 Å². The molecule has 0 saturated heterocycles. The van der Waals surface area contributed by atoms with E-state index in [2.05, 4.69) is 0 Å². The van der Waals surface area contributed by atoms with Crippen molar-refractivity contribution in [3.63, 3.8) is 0 Å². The molecule has 0 aliphatic carbocycles. The van der Waals surface area contributed by atoms with E-state index in [1.165, 1.54) is 0 Å². The van der Waals surface area contributed by atoms with E-state index in [0.29, 0.717) is 0 Å². The minimum Gasteiger partial charge on any atom is -0.759 e. The van der Waals surface area contributed by atoms with Crippen LogP contribution in [-0.2, 0) is 156 Å². The van der Waals surface area contributed by atoms with Crippen LogP contribution in [0.2, 0.25) is 0 Å². The molecule has 0 atom stereocenters. The average molecular weight is 2480 g/mol. The molecule has 0 bridgehead atoms. The zero-order chi connectivity index (χ0) is 67.5. The average Bonchev–Trinajstić information content (AvgIpc) is 2.65. The maximum Gasteiger partial charge on any atom is 2.00 e. The van der Waals surface area contributed by atoms with Crippen LogP contribution in [-0.4, -0.2) is 399 Å². The zero-order valence-electron chi connectivity index (χ0n) is 33.1. The Bertz CT molecular complexity index is 2210. The fourth-order valence-electron chi connectivity index (χ4n) is 0. The first kappa shape index (κ1) is 140. The van der Waals surface area contributed by atoms with Crippen molar-refractivity contribution in [2.24, 2.45) is 0 Å². The second-order valence-electron chi connectivity index (χ2n) is 6.12. The van der Waals surface area contributed by atoms with Gasteiger partial charge in [0, 0.05) is 156 Å². The summed E-state index contributed by atoms with van der Waals surface area (Å²) in [5.41, 5.74) is 0. The van der Waals surface area contributed by atoms with Crippen molar-refractivity contribution in [1.82, 2.24) is 0 Å². The first-order chi connectivity index (χ1) is 30.0. The summed E-state index contributed by atoms with van der Waals surface area (Å²) in [6.07, 6.45) is 0. The van der Waals surface area contributed by atoms with Crippen molar-refractivity contribution >= 4 is 292 Å². The van der Waals surface area contributed by atoms with E-state index < -0.39 is 156 Å². The van der Waals surface area contributed by atoms with Gasteiger partial charge < -0.3 is 137 Å². The molecule has 0 amide bonds. The van der Waals surface area contributed by atoms with Gasteiger partial charge in [-0.1, -0.05) is 0 Å².